The van der Waals surface area contributed by atoms with Crippen LogP contribution < -0.4 is 5.32 Å². The summed E-state index contributed by atoms with van der Waals surface area (Å²) < 4.78 is 13.4. The summed E-state index contributed by atoms with van der Waals surface area (Å²) in [5.74, 6) is -0.632. The normalized spacial score (nSPS) is 10.6. The molecule has 0 aliphatic rings. The number of benzene rings is 2. The lowest BCUT2D eigenvalue weighted by Crippen LogP contribution is -2.12. The summed E-state index contributed by atoms with van der Waals surface area (Å²) in [6, 6.07) is 10.2. The number of carbonyl (C=O) groups is 1. The molecule has 0 radical (unpaired) electrons. The monoisotopic (exact) mass is 403 g/mol. The lowest BCUT2D eigenvalue weighted by molar-refractivity contribution is -0.387. The number of halogens is 1. The van der Waals surface area contributed by atoms with Crippen molar-refractivity contribution in [2.45, 2.75) is 17.6 Å². The first-order chi connectivity index (χ1) is 12.9. The van der Waals surface area contributed by atoms with Gasteiger partial charge >= 0.3 is 5.69 Å². The average molecular weight is 403 g/mol. The largest absolute Gasteiger partial charge is 0.322 e. The molecule has 0 spiro atoms. The number of nitrogens with zero attached hydrogens (tertiary/aromatic N) is 2. The third kappa shape index (κ3) is 4.89. The molecule has 0 bridgehead atoms. The van der Waals surface area contributed by atoms with Crippen LogP contribution in [0.1, 0.15) is 21.1 Å². The molecular formula is C18H14FN3O3S2. The van der Waals surface area contributed by atoms with Crippen LogP contribution >= 0.6 is 23.1 Å². The van der Waals surface area contributed by atoms with Gasteiger partial charge in [-0.15, -0.1) is 23.1 Å². The van der Waals surface area contributed by atoms with E-state index in [1.807, 2.05) is 24.4 Å². The van der Waals surface area contributed by atoms with E-state index in [2.05, 4.69) is 10.3 Å². The van der Waals surface area contributed by atoms with Gasteiger partial charge in [0, 0.05) is 33.3 Å². The number of aromatic nitrogens is 1. The Balaban J connectivity index is 1.63. The standard InChI is InChI=1S/C18H14FN3O3S2/c1-11-20-14(9-26-11)10-27-15-5-2-12(3-6-15)18(23)21-13-4-7-16(19)17(8-13)22(24)25/h2-9H,10H2,1H3,(H,21,23). The fraction of sp³-hybridized carbons (Fsp3) is 0.111. The molecule has 1 aromatic heterocycles. The summed E-state index contributed by atoms with van der Waals surface area (Å²) in [5, 5.41) is 16.4. The summed E-state index contributed by atoms with van der Waals surface area (Å²) in [5.41, 5.74) is 0.889. The summed E-state index contributed by atoms with van der Waals surface area (Å²) >= 11 is 3.22. The van der Waals surface area contributed by atoms with Crippen molar-refractivity contribution in [2.24, 2.45) is 0 Å². The maximum atomic E-state index is 13.4. The summed E-state index contributed by atoms with van der Waals surface area (Å²) in [6.07, 6.45) is 0. The minimum absolute atomic E-state index is 0.158. The van der Waals surface area contributed by atoms with Crippen LogP contribution in [0.25, 0.3) is 0 Å². The number of thioether (sulfide) groups is 1. The van der Waals surface area contributed by atoms with E-state index in [1.165, 1.54) is 6.07 Å². The van der Waals surface area contributed by atoms with E-state index in [1.54, 1.807) is 35.2 Å². The Morgan fingerprint density at radius 3 is 2.67 bits per heavy atom. The predicted octanol–water partition coefficient (Wildman–Crippen LogP) is 5.04. The molecule has 138 valence electrons. The second-order valence-electron chi connectivity index (χ2n) is 5.55. The number of hydrogen-bond donors (Lipinski definition) is 1. The Hall–Kier alpha value is -2.78. The first-order valence-electron chi connectivity index (χ1n) is 7.81. The second-order valence-corrected chi connectivity index (χ2v) is 7.66. The topological polar surface area (TPSA) is 85.1 Å². The van der Waals surface area contributed by atoms with Gasteiger partial charge in [0.15, 0.2) is 0 Å². The van der Waals surface area contributed by atoms with Gasteiger partial charge < -0.3 is 5.32 Å². The molecule has 0 saturated heterocycles. The fourth-order valence-electron chi connectivity index (χ4n) is 2.27. The van der Waals surface area contributed by atoms with Crippen LogP contribution in [0.15, 0.2) is 52.7 Å². The van der Waals surface area contributed by atoms with Gasteiger partial charge in [-0.1, -0.05) is 0 Å². The van der Waals surface area contributed by atoms with Gasteiger partial charge in [0.25, 0.3) is 5.91 Å². The van der Waals surface area contributed by atoms with Crippen LogP contribution in [0.3, 0.4) is 0 Å². The van der Waals surface area contributed by atoms with Crippen molar-refractivity contribution in [1.29, 1.82) is 0 Å². The number of hydrogen-bond acceptors (Lipinski definition) is 6. The van der Waals surface area contributed by atoms with Crippen LogP contribution in [0.4, 0.5) is 15.8 Å². The number of carbonyl (C=O) groups excluding carboxylic acids is 1. The van der Waals surface area contributed by atoms with Crippen molar-refractivity contribution in [1.82, 2.24) is 4.98 Å². The molecule has 1 N–H and O–H groups in total. The molecule has 2 aromatic carbocycles. The Morgan fingerprint density at radius 1 is 1.30 bits per heavy atom. The minimum Gasteiger partial charge on any atom is -0.322 e. The fourth-order valence-corrected chi connectivity index (χ4v) is 3.78. The summed E-state index contributed by atoms with van der Waals surface area (Å²) in [6.45, 7) is 1.96. The number of thiazole rings is 1. The zero-order valence-corrected chi connectivity index (χ0v) is 15.8. The van der Waals surface area contributed by atoms with Gasteiger partial charge in [-0.3, -0.25) is 14.9 Å². The van der Waals surface area contributed by atoms with Crippen molar-refractivity contribution in [3.05, 3.63) is 80.0 Å². The maximum Gasteiger partial charge on any atom is 0.306 e. The van der Waals surface area contributed by atoms with Crippen LogP contribution in [0.2, 0.25) is 0 Å². The number of aryl methyl sites for hydroxylation is 1. The van der Waals surface area contributed by atoms with Crippen LogP contribution in [-0.4, -0.2) is 15.8 Å². The Labute approximate surface area is 162 Å². The van der Waals surface area contributed by atoms with Gasteiger partial charge in [0.2, 0.25) is 5.82 Å². The third-order valence-electron chi connectivity index (χ3n) is 3.57. The van der Waals surface area contributed by atoms with Crippen LogP contribution in [-0.2, 0) is 5.75 Å². The molecule has 27 heavy (non-hydrogen) atoms. The van der Waals surface area contributed by atoms with Crippen LogP contribution in [0.5, 0.6) is 0 Å². The van der Waals surface area contributed by atoms with Crippen molar-refractivity contribution in [3.63, 3.8) is 0 Å². The van der Waals surface area contributed by atoms with E-state index in [-0.39, 0.29) is 5.69 Å². The molecule has 0 aliphatic carbocycles. The highest BCUT2D eigenvalue weighted by Crippen LogP contribution is 2.25. The third-order valence-corrected chi connectivity index (χ3v) is 5.44. The van der Waals surface area contributed by atoms with Crippen molar-refractivity contribution >= 4 is 40.4 Å². The first kappa shape index (κ1) is 19.0. The van der Waals surface area contributed by atoms with Crippen LogP contribution in [0, 0.1) is 22.9 Å². The van der Waals surface area contributed by atoms with E-state index in [0.29, 0.717) is 5.56 Å². The Morgan fingerprint density at radius 2 is 2.04 bits per heavy atom. The smallest absolute Gasteiger partial charge is 0.306 e. The molecular weight excluding hydrogens is 389 g/mol. The van der Waals surface area contributed by atoms with E-state index < -0.39 is 22.3 Å². The number of rotatable bonds is 6. The molecule has 1 heterocycles. The Kier molecular flexibility index (Phi) is 5.82. The van der Waals surface area contributed by atoms with Crippen molar-refractivity contribution in [2.75, 3.05) is 5.32 Å². The zero-order chi connectivity index (χ0) is 19.4. The molecule has 0 unspecified atom stereocenters. The molecule has 0 saturated carbocycles. The van der Waals surface area contributed by atoms with Gasteiger partial charge in [-0.2, -0.15) is 4.39 Å². The minimum atomic E-state index is -0.949. The van der Waals surface area contributed by atoms with E-state index >= 15 is 0 Å². The number of nitrogens with one attached hydrogen (secondary N) is 1. The number of anilines is 1. The van der Waals surface area contributed by atoms with Crippen molar-refractivity contribution in [3.8, 4) is 0 Å². The number of amides is 1. The lowest BCUT2D eigenvalue weighted by Gasteiger charge is -2.06. The highest BCUT2D eigenvalue weighted by molar-refractivity contribution is 7.98. The Bertz CT molecular complexity index is 990. The quantitative estimate of drug-likeness (QED) is 0.354. The first-order valence-corrected chi connectivity index (χ1v) is 9.68. The summed E-state index contributed by atoms with van der Waals surface area (Å²) in [4.78, 5) is 27.6. The highest BCUT2D eigenvalue weighted by Gasteiger charge is 2.15. The predicted molar refractivity (Wildman–Crippen MR) is 104 cm³/mol. The van der Waals surface area contributed by atoms with Crippen molar-refractivity contribution < 1.29 is 14.1 Å². The van der Waals surface area contributed by atoms with E-state index in [0.717, 1.165) is 33.5 Å². The molecule has 0 fully saturated rings. The van der Waals surface area contributed by atoms with Gasteiger partial charge in [0.05, 0.1) is 15.6 Å². The highest BCUT2D eigenvalue weighted by atomic mass is 32.2. The average Bonchev–Trinajstić information content (AvgIpc) is 3.07. The second kappa shape index (κ2) is 8.28. The molecule has 1 amide bonds. The molecule has 0 aliphatic heterocycles. The van der Waals surface area contributed by atoms with Gasteiger partial charge in [-0.25, -0.2) is 4.98 Å². The maximum absolute atomic E-state index is 13.4. The lowest BCUT2D eigenvalue weighted by atomic mass is 10.2. The molecule has 9 heteroatoms. The molecule has 3 rings (SSSR count). The SMILES string of the molecule is Cc1nc(CSc2ccc(C(=O)Nc3ccc(F)c([N+](=O)[O-])c3)cc2)cs1. The number of nitro groups is 1. The molecule has 0 atom stereocenters. The van der Waals surface area contributed by atoms with E-state index in [9.17, 15) is 19.3 Å². The molecule has 6 nitrogen and oxygen atoms in total. The molecule has 3 aromatic rings. The van der Waals surface area contributed by atoms with Gasteiger partial charge in [0.1, 0.15) is 0 Å². The summed E-state index contributed by atoms with van der Waals surface area (Å²) in [7, 11) is 0. The van der Waals surface area contributed by atoms with E-state index in [4.69, 9.17) is 0 Å². The zero-order valence-electron chi connectivity index (χ0n) is 14.1. The number of nitro benzene ring substituents is 1. The van der Waals surface area contributed by atoms with Gasteiger partial charge in [-0.05, 0) is 43.3 Å².